The number of benzene rings is 4. The van der Waals surface area contributed by atoms with Crippen molar-refractivity contribution >= 4 is 34.0 Å². The minimum atomic E-state index is 1.15. The molecule has 0 radical (unpaired) electrons. The Morgan fingerprint density at radius 3 is 1.25 bits per heavy atom. The van der Waals surface area contributed by atoms with Crippen LogP contribution in [0.4, 0.5) is 0 Å². The number of hydrogen-bond donors (Lipinski definition) is 2. The summed E-state index contributed by atoms with van der Waals surface area (Å²) in [4.78, 5) is 6.99. The quantitative estimate of drug-likeness (QED) is 0.275. The molecule has 4 aromatic carbocycles. The lowest BCUT2D eigenvalue weighted by atomic mass is 10.1. The largest absolute Gasteiger partial charge is 0.355 e. The Hall–Kier alpha value is -4.30. The molecule has 152 valence electrons. The van der Waals surface area contributed by atoms with Crippen LogP contribution in [0.2, 0.25) is 0 Å². The van der Waals surface area contributed by atoms with Gasteiger partial charge in [0.15, 0.2) is 0 Å². The summed E-state index contributed by atoms with van der Waals surface area (Å²) in [7, 11) is 0. The maximum absolute atomic E-state index is 3.50. The molecule has 2 heteroatoms. The van der Waals surface area contributed by atoms with Crippen molar-refractivity contribution in [2.24, 2.45) is 0 Å². The van der Waals surface area contributed by atoms with E-state index in [-0.39, 0.29) is 0 Å². The summed E-state index contributed by atoms with van der Waals surface area (Å²) >= 11 is 0. The van der Waals surface area contributed by atoms with E-state index in [1.807, 2.05) is 0 Å². The molecular weight excluding hydrogens is 388 g/mol. The standard InChI is InChI=1S/C30H22N2/c1-3-7-27-25(5-1)19-29(31-27)23-15-11-21(12-16-23)9-10-22-13-17-24(18-14-22)30-20-26-6-2-4-8-28(26)32-30/h1-20,31-32H. The van der Waals surface area contributed by atoms with Crippen LogP contribution in [0.5, 0.6) is 0 Å². The number of fused-ring (bicyclic) bond motifs is 2. The first kappa shape index (κ1) is 18.5. The van der Waals surface area contributed by atoms with Crippen LogP contribution in [0.25, 0.3) is 56.5 Å². The van der Waals surface area contributed by atoms with Gasteiger partial charge in [0.2, 0.25) is 0 Å². The van der Waals surface area contributed by atoms with Crippen LogP contribution in [0.1, 0.15) is 11.1 Å². The van der Waals surface area contributed by atoms with Crippen LogP contribution < -0.4 is 0 Å². The van der Waals surface area contributed by atoms with Gasteiger partial charge < -0.3 is 9.97 Å². The second-order valence-corrected chi connectivity index (χ2v) is 8.12. The third kappa shape index (κ3) is 3.52. The SMILES string of the molecule is C(=Cc1ccc(-c2cc3ccccc3[nH]2)cc1)c1ccc(-c2cc3ccccc3[nH]2)cc1. The van der Waals surface area contributed by atoms with Crippen LogP contribution in [0, 0.1) is 0 Å². The number of rotatable bonds is 4. The summed E-state index contributed by atoms with van der Waals surface area (Å²) in [5, 5.41) is 2.48. The van der Waals surface area contributed by atoms with Crippen molar-refractivity contribution in [1.82, 2.24) is 9.97 Å². The number of nitrogens with one attached hydrogen (secondary N) is 2. The normalized spacial score (nSPS) is 11.6. The maximum atomic E-state index is 3.50. The van der Waals surface area contributed by atoms with Crippen LogP contribution in [-0.4, -0.2) is 9.97 Å². The highest BCUT2D eigenvalue weighted by Crippen LogP contribution is 2.26. The molecule has 2 heterocycles. The fourth-order valence-electron chi connectivity index (χ4n) is 4.20. The lowest BCUT2D eigenvalue weighted by Crippen LogP contribution is -1.79. The van der Waals surface area contributed by atoms with E-state index in [9.17, 15) is 0 Å². The molecule has 0 atom stereocenters. The monoisotopic (exact) mass is 410 g/mol. The van der Waals surface area contributed by atoms with Crippen molar-refractivity contribution in [2.45, 2.75) is 0 Å². The van der Waals surface area contributed by atoms with Crippen molar-refractivity contribution in [3.8, 4) is 22.5 Å². The highest BCUT2D eigenvalue weighted by atomic mass is 14.7. The predicted molar refractivity (Wildman–Crippen MR) is 136 cm³/mol. The molecule has 0 amide bonds. The van der Waals surface area contributed by atoms with Gasteiger partial charge in [-0.25, -0.2) is 0 Å². The number of hydrogen-bond acceptors (Lipinski definition) is 0. The first-order valence-electron chi connectivity index (χ1n) is 10.9. The average molecular weight is 411 g/mol. The van der Waals surface area contributed by atoms with Gasteiger partial charge in [0, 0.05) is 33.2 Å². The molecule has 0 aliphatic rings. The van der Waals surface area contributed by atoms with E-state index in [0.29, 0.717) is 0 Å². The highest BCUT2D eigenvalue weighted by molar-refractivity contribution is 5.87. The predicted octanol–water partition coefficient (Wildman–Crippen LogP) is 8.15. The molecule has 0 unspecified atom stereocenters. The fourth-order valence-corrected chi connectivity index (χ4v) is 4.20. The summed E-state index contributed by atoms with van der Waals surface area (Å²) in [5.74, 6) is 0. The van der Waals surface area contributed by atoms with Crippen LogP contribution >= 0.6 is 0 Å². The second-order valence-electron chi connectivity index (χ2n) is 8.12. The van der Waals surface area contributed by atoms with Gasteiger partial charge in [-0.05, 0) is 46.5 Å². The number of aromatic nitrogens is 2. The molecule has 32 heavy (non-hydrogen) atoms. The Morgan fingerprint density at radius 2 is 0.844 bits per heavy atom. The van der Waals surface area contributed by atoms with Gasteiger partial charge in [0.25, 0.3) is 0 Å². The molecule has 0 spiro atoms. The molecule has 2 N–H and O–H groups in total. The van der Waals surface area contributed by atoms with Crippen molar-refractivity contribution in [1.29, 1.82) is 0 Å². The molecule has 6 aromatic rings. The van der Waals surface area contributed by atoms with E-state index < -0.39 is 0 Å². The van der Waals surface area contributed by atoms with E-state index in [0.717, 1.165) is 11.4 Å². The van der Waals surface area contributed by atoms with Crippen molar-refractivity contribution in [3.05, 3.63) is 120 Å². The van der Waals surface area contributed by atoms with Crippen molar-refractivity contribution < 1.29 is 0 Å². The zero-order valence-corrected chi connectivity index (χ0v) is 17.5. The third-order valence-corrected chi connectivity index (χ3v) is 5.97. The van der Waals surface area contributed by atoms with Gasteiger partial charge in [-0.2, -0.15) is 0 Å². The minimum Gasteiger partial charge on any atom is -0.355 e. The van der Waals surface area contributed by atoms with E-state index in [1.165, 1.54) is 44.1 Å². The number of H-pyrrole nitrogens is 2. The fraction of sp³-hybridized carbons (Fsp3) is 0. The van der Waals surface area contributed by atoms with Crippen molar-refractivity contribution in [2.75, 3.05) is 0 Å². The van der Waals surface area contributed by atoms with E-state index in [1.54, 1.807) is 0 Å². The van der Waals surface area contributed by atoms with E-state index in [2.05, 4.69) is 131 Å². The summed E-state index contributed by atoms with van der Waals surface area (Å²) < 4.78 is 0. The molecule has 0 fully saturated rings. The first-order valence-corrected chi connectivity index (χ1v) is 10.9. The summed E-state index contributed by atoms with van der Waals surface area (Å²) in [5.41, 5.74) is 9.39. The lowest BCUT2D eigenvalue weighted by molar-refractivity contribution is 1.45. The van der Waals surface area contributed by atoms with Crippen molar-refractivity contribution in [3.63, 3.8) is 0 Å². The first-order chi connectivity index (χ1) is 15.8. The molecule has 0 bridgehead atoms. The third-order valence-electron chi connectivity index (χ3n) is 5.97. The number of aromatic amines is 2. The van der Waals surface area contributed by atoms with Gasteiger partial charge in [-0.3, -0.25) is 0 Å². The molecular formula is C30H22N2. The molecule has 2 aromatic heterocycles. The highest BCUT2D eigenvalue weighted by Gasteiger charge is 2.04. The molecule has 0 aliphatic carbocycles. The summed E-state index contributed by atoms with van der Waals surface area (Å²) in [6.45, 7) is 0. The summed E-state index contributed by atoms with van der Waals surface area (Å²) in [6.07, 6.45) is 4.32. The van der Waals surface area contributed by atoms with E-state index in [4.69, 9.17) is 0 Å². The maximum Gasteiger partial charge on any atom is 0.0464 e. The van der Waals surface area contributed by atoms with Gasteiger partial charge >= 0.3 is 0 Å². The Balaban J connectivity index is 1.19. The Labute approximate surface area is 186 Å². The van der Waals surface area contributed by atoms with Gasteiger partial charge in [0.05, 0.1) is 0 Å². The average Bonchev–Trinajstić information content (AvgIpc) is 3.48. The van der Waals surface area contributed by atoms with Gasteiger partial charge in [-0.15, -0.1) is 0 Å². The Morgan fingerprint density at radius 1 is 0.438 bits per heavy atom. The lowest BCUT2D eigenvalue weighted by Gasteiger charge is -2.01. The van der Waals surface area contributed by atoms with E-state index >= 15 is 0 Å². The van der Waals surface area contributed by atoms with Gasteiger partial charge in [-0.1, -0.05) is 97.1 Å². The molecule has 2 nitrogen and oxygen atoms in total. The van der Waals surface area contributed by atoms with Gasteiger partial charge in [0.1, 0.15) is 0 Å². The Bertz CT molecular complexity index is 1360. The van der Waals surface area contributed by atoms with Crippen LogP contribution in [0.3, 0.4) is 0 Å². The van der Waals surface area contributed by atoms with Crippen LogP contribution in [-0.2, 0) is 0 Å². The van der Waals surface area contributed by atoms with Crippen LogP contribution in [0.15, 0.2) is 109 Å². The second kappa shape index (κ2) is 7.75. The number of para-hydroxylation sites is 2. The summed E-state index contributed by atoms with van der Waals surface area (Å²) in [6, 6.07) is 38.5. The topological polar surface area (TPSA) is 31.6 Å². The molecule has 0 saturated heterocycles. The molecule has 0 saturated carbocycles. The zero-order valence-electron chi connectivity index (χ0n) is 17.5. The smallest absolute Gasteiger partial charge is 0.0464 e. The minimum absolute atomic E-state index is 1.15. The Kier molecular flexibility index (Phi) is 4.47. The molecule has 6 rings (SSSR count). The molecule has 0 aliphatic heterocycles. The zero-order chi connectivity index (χ0) is 21.3.